The summed E-state index contributed by atoms with van der Waals surface area (Å²) < 4.78 is 5.18. The van der Waals surface area contributed by atoms with Crippen LogP contribution in [0.1, 0.15) is 24.8 Å². The summed E-state index contributed by atoms with van der Waals surface area (Å²) >= 11 is 0. The predicted octanol–water partition coefficient (Wildman–Crippen LogP) is 0.892. The van der Waals surface area contributed by atoms with E-state index in [9.17, 15) is 4.79 Å². The Labute approximate surface area is 82.1 Å². The molecular weight excluding hydrogens is 184 g/mol. The summed E-state index contributed by atoms with van der Waals surface area (Å²) in [7, 11) is 1.70. The lowest BCUT2D eigenvalue weighted by atomic mass is 9.93. The van der Waals surface area contributed by atoms with Crippen LogP contribution < -0.4 is 5.32 Å². The second kappa shape index (κ2) is 3.79. The number of carboxylic acids is 1. The van der Waals surface area contributed by atoms with E-state index in [0.717, 1.165) is 0 Å². The molecule has 1 unspecified atom stereocenters. The zero-order valence-electron chi connectivity index (χ0n) is 8.50. The van der Waals surface area contributed by atoms with Gasteiger partial charge in [0.05, 0.1) is 17.7 Å². The molecule has 0 saturated heterocycles. The summed E-state index contributed by atoms with van der Waals surface area (Å²) in [5.74, 6) is -0.306. The normalized spacial score (nSPS) is 15.1. The molecule has 0 fully saturated rings. The van der Waals surface area contributed by atoms with E-state index in [4.69, 9.17) is 9.52 Å². The standard InChI is InChI=1S/C9H14N2O3/c1-6-8(14-5-11-6)9(2,10-3)4-7(12)13/h5,10H,4H2,1-3H3,(H,12,13). The fourth-order valence-corrected chi connectivity index (χ4v) is 1.42. The van der Waals surface area contributed by atoms with Crippen LogP contribution in [0.3, 0.4) is 0 Å². The third-order valence-electron chi connectivity index (χ3n) is 2.30. The maximum absolute atomic E-state index is 10.7. The van der Waals surface area contributed by atoms with Gasteiger partial charge in [-0.1, -0.05) is 0 Å². The van der Waals surface area contributed by atoms with Crippen LogP contribution in [0.2, 0.25) is 0 Å². The highest BCUT2D eigenvalue weighted by molar-refractivity contribution is 5.68. The van der Waals surface area contributed by atoms with Gasteiger partial charge in [-0.2, -0.15) is 0 Å². The van der Waals surface area contributed by atoms with Crippen molar-refractivity contribution in [2.24, 2.45) is 0 Å². The van der Waals surface area contributed by atoms with Crippen molar-refractivity contribution in [2.45, 2.75) is 25.8 Å². The van der Waals surface area contributed by atoms with Crippen LogP contribution >= 0.6 is 0 Å². The Morgan fingerprint density at radius 3 is 2.79 bits per heavy atom. The highest BCUT2D eigenvalue weighted by atomic mass is 16.4. The summed E-state index contributed by atoms with van der Waals surface area (Å²) in [6.07, 6.45) is 1.28. The summed E-state index contributed by atoms with van der Waals surface area (Å²) in [5, 5.41) is 11.7. The van der Waals surface area contributed by atoms with Crippen LogP contribution in [0.5, 0.6) is 0 Å². The molecule has 0 bridgehead atoms. The molecule has 0 saturated carbocycles. The van der Waals surface area contributed by atoms with Gasteiger partial charge in [0.15, 0.2) is 6.39 Å². The van der Waals surface area contributed by atoms with Gasteiger partial charge in [0.25, 0.3) is 0 Å². The van der Waals surface area contributed by atoms with Gasteiger partial charge in [-0.05, 0) is 20.9 Å². The number of aromatic nitrogens is 1. The van der Waals surface area contributed by atoms with Gasteiger partial charge in [0, 0.05) is 0 Å². The van der Waals surface area contributed by atoms with E-state index in [2.05, 4.69) is 10.3 Å². The third kappa shape index (κ3) is 1.93. The summed E-state index contributed by atoms with van der Waals surface area (Å²) in [4.78, 5) is 14.6. The van der Waals surface area contributed by atoms with Crippen molar-refractivity contribution in [3.63, 3.8) is 0 Å². The lowest BCUT2D eigenvalue weighted by Crippen LogP contribution is -2.39. The average molecular weight is 198 g/mol. The molecule has 0 amide bonds. The van der Waals surface area contributed by atoms with Gasteiger partial charge >= 0.3 is 5.97 Å². The Bertz CT molecular complexity index is 335. The molecule has 1 aromatic rings. The van der Waals surface area contributed by atoms with E-state index < -0.39 is 11.5 Å². The minimum atomic E-state index is -0.877. The Hall–Kier alpha value is -1.36. The van der Waals surface area contributed by atoms with E-state index in [1.54, 1.807) is 20.9 Å². The van der Waals surface area contributed by atoms with Crippen molar-refractivity contribution < 1.29 is 14.3 Å². The zero-order valence-corrected chi connectivity index (χ0v) is 8.50. The lowest BCUT2D eigenvalue weighted by Gasteiger charge is -2.25. The minimum absolute atomic E-state index is 0.0421. The highest BCUT2D eigenvalue weighted by Crippen LogP contribution is 2.26. The number of nitrogens with one attached hydrogen (secondary N) is 1. The highest BCUT2D eigenvalue weighted by Gasteiger charge is 2.32. The van der Waals surface area contributed by atoms with Crippen LogP contribution in [-0.4, -0.2) is 23.1 Å². The second-order valence-corrected chi connectivity index (χ2v) is 3.42. The monoisotopic (exact) mass is 198 g/mol. The molecule has 14 heavy (non-hydrogen) atoms. The van der Waals surface area contributed by atoms with E-state index in [1.165, 1.54) is 6.39 Å². The Balaban J connectivity index is 3.01. The number of aliphatic carboxylic acids is 1. The molecule has 78 valence electrons. The summed E-state index contributed by atoms with van der Waals surface area (Å²) in [5.41, 5.74) is 0.00924. The van der Waals surface area contributed by atoms with E-state index in [1.807, 2.05) is 0 Å². The molecule has 1 aromatic heterocycles. The van der Waals surface area contributed by atoms with Crippen LogP contribution in [0.4, 0.5) is 0 Å². The number of aryl methyl sites for hydroxylation is 1. The van der Waals surface area contributed by atoms with E-state index in [-0.39, 0.29) is 6.42 Å². The number of hydrogen-bond donors (Lipinski definition) is 2. The van der Waals surface area contributed by atoms with Crippen molar-refractivity contribution >= 4 is 5.97 Å². The van der Waals surface area contributed by atoms with Gasteiger partial charge in [-0.3, -0.25) is 4.79 Å². The smallest absolute Gasteiger partial charge is 0.305 e. The molecule has 0 aliphatic carbocycles. The Morgan fingerprint density at radius 2 is 2.43 bits per heavy atom. The number of hydrogen-bond acceptors (Lipinski definition) is 4. The summed E-state index contributed by atoms with van der Waals surface area (Å²) in [6, 6.07) is 0. The molecule has 1 heterocycles. The van der Waals surface area contributed by atoms with E-state index >= 15 is 0 Å². The first-order valence-electron chi connectivity index (χ1n) is 4.31. The summed E-state index contributed by atoms with van der Waals surface area (Å²) in [6.45, 7) is 3.56. The first-order valence-corrected chi connectivity index (χ1v) is 4.31. The SMILES string of the molecule is CNC(C)(CC(=O)O)c1ocnc1C. The van der Waals surface area contributed by atoms with Crippen LogP contribution in [0.15, 0.2) is 10.8 Å². The van der Waals surface area contributed by atoms with Crippen molar-refractivity contribution in [3.8, 4) is 0 Å². The van der Waals surface area contributed by atoms with Gasteiger partial charge in [0.2, 0.25) is 0 Å². The lowest BCUT2D eigenvalue weighted by molar-refractivity contribution is -0.138. The van der Waals surface area contributed by atoms with Crippen molar-refractivity contribution in [2.75, 3.05) is 7.05 Å². The molecule has 5 heteroatoms. The Morgan fingerprint density at radius 1 is 1.79 bits per heavy atom. The zero-order chi connectivity index (χ0) is 10.8. The fourth-order valence-electron chi connectivity index (χ4n) is 1.42. The topological polar surface area (TPSA) is 75.4 Å². The molecule has 0 aliphatic heterocycles. The first kappa shape index (κ1) is 10.7. The molecule has 0 spiro atoms. The largest absolute Gasteiger partial charge is 0.481 e. The van der Waals surface area contributed by atoms with Crippen molar-refractivity contribution in [3.05, 3.63) is 17.8 Å². The van der Waals surface area contributed by atoms with Gasteiger partial charge in [-0.25, -0.2) is 4.98 Å². The molecule has 0 radical (unpaired) electrons. The van der Waals surface area contributed by atoms with Crippen LogP contribution in [-0.2, 0) is 10.3 Å². The third-order valence-corrected chi connectivity index (χ3v) is 2.30. The van der Waals surface area contributed by atoms with Gasteiger partial charge in [-0.15, -0.1) is 0 Å². The van der Waals surface area contributed by atoms with Crippen LogP contribution in [0, 0.1) is 6.92 Å². The quantitative estimate of drug-likeness (QED) is 0.751. The van der Waals surface area contributed by atoms with Gasteiger partial charge in [0.1, 0.15) is 5.76 Å². The minimum Gasteiger partial charge on any atom is -0.481 e. The second-order valence-electron chi connectivity index (χ2n) is 3.42. The molecule has 0 aliphatic rings. The number of rotatable bonds is 4. The Kier molecular flexibility index (Phi) is 2.90. The first-order chi connectivity index (χ1) is 6.49. The van der Waals surface area contributed by atoms with Crippen LogP contribution in [0.25, 0.3) is 0 Å². The molecule has 1 rings (SSSR count). The number of carbonyl (C=O) groups is 1. The van der Waals surface area contributed by atoms with Crippen molar-refractivity contribution in [1.82, 2.24) is 10.3 Å². The average Bonchev–Trinajstić information content (AvgIpc) is 2.50. The molecule has 5 nitrogen and oxygen atoms in total. The molecular formula is C9H14N2O3. The number of oxazole rings is 1. The molecule has 0 aromatic carbocycles. The maximum atomic E-state index is 10.7. The molecule has 2 N–H and O–H groups in total. The van der Waals surface area contributed by atoms with E-state index in [0.29, 0.717) is 11.5 Å². The van der Waals surface area contributed by atoms with Gasteiger partial charge < -0.3 is 14.8 Å². The maximum Gasteiger partial charge on any atom is 0.305 e. The molecule has 1 atom stereocenters. The predicted molar refractivity (Wildman–Crippen MR) is 49.9 cm³/mol. The number of carboxylic acid groups (broad SMARTS) is 1. The van der Waals surface area contributed by atoms with Crippen molar-refractivity contribution in [1.29, 1.82) is 0 Å². The fraction of sp³-hybridized carbons (Fsp3) is 0.556. The number of nitrogens with zero attached hydrogens (tertiary/aromatic N) is 1.